The first kappa shape index (κ1) is 10.4. The molecule has 0 heterocycles. The summed E-state index contributed by atoms with van der Waals surface area (Å²) in [7, 11) is -0.380. The summed E-state index contributed by atoms with van der Waals surface area (Å²) in [6.45, 7) is 3.42. The van der Waals surface area contributed by atoms with Crippen LogP contribution in [0, 0.1) is 5.63 Å². The molecule has 0 aliphatic rings. The van der Waals surface area contributed by atoms with Gasteiger partial charge >= 0.3 is 65.3 Å². The number of nitrogens with two attached hydrogens (primary N) is 1. The number of ether oxygens (including phenoxy) is 1. The molecule has 62 valence electrons. The Hall–Kier alpha value is -0.560. The predicted octanol–water partition coefficient (Wildman–Crippen LogP) is 0.516. The Labute approximate surface area is 66.2 Å². The monoisotopic (exact) mass is 175 g/mol. The minimum atomic E-state index is -1.02. The molecule has 0 fully saturated rings. The van der Waals surface area contributed by atoms with E-state index < -0.39 is 12.0 Å². The maximum atomic E-state index is 10.8. The van der Waals surface area contributed by atoms with Crippen LogP contribution in [0.25, 0.3) is 0 Å². The number of esters is 1. The molecule has 0 rings (SSSR count). The van der Waals surface area contributed by atoms with E-state index >= 15 is 0 Å². The summed E-state index contributed by atoms with van der Waals surface area (Å²) in [4.78, 5) is 10.8. The second-order valence-electron chi connectivity index (χ2n) is 2.18. The van der Waals surface area contributed by atoms with Crippen molar-refractivity contribution in [2.45, 2.75) is 26.0 Å². The molecule has 0 aliphatic heterocycles. The van der Waals surface area contributed by atoms with Crippen molar-refractivity contribution in [2.24, 2.45) is 5.73 Å². The summed E-state index contributed by atoms with van der Waals surface area (Å²) >= 11 is 0. The zero-order valence-corrected chi connectivity index (χ0v) is 7.30. The van der Waals surface area contributed by atoms with Crippen LogP contribution in [0.4, 0.5) is 0 Å². The van der Waals surface area contributed by atoms with E-state index in [1.165, 1.54) is 0 Å². The van der Waals surface area contributed by atoms with E-state index in [0.717, 1.165) is 0 Å². The average molecular weight is 175 g/mol. The summed E-state index contributed by atoms with van der Waals surface area (Å²) in [5.74, 6) is -0.608. The van der Waals surface area contributed by atoms with E-state index in [9.17, 15) is 9.36 Å². The fraction of sp³-hybridized carbons (Fsp3) is 0.667. The zero-order chi connectivity index (χ0) is 8.85. The predicted molar refractivity (Wildman–Crippen MR) is 40.7 cm³/mol. The van der Waals surface area contributed by atoms with Crippen LogP contribution < -0.4 is 5.73 Å². The van der Waals surface area contributed by atoms with Gasteiger partial charge in [-0.1, -0.05) is 0 Å². The van der Waals surface area contributed by atoms with Crippen LogP contribution in [0.1, 0.15) is 13.8 Å². The fourth-order valence-electron chi connectivity index (χ4n) is 0.415. The Bertz CT molecular complexity index is 231. The van der Waals surface area contributed by atoms with Crippen LogP contribution in [0.15, 0.2) is 0 Å². The minimum absolute atomic E-state index is 0.210. The number of carbonyl (C=O) groups excluding carboxylic acids is 1. The van der Waals surface area contributed by atoms with Gasteiger partial charge in [-0.2, -0.15) is 0 Å². The fourth-order valence-corrected chi connectivity index (χ4v) is 0.634. The first-order chi connectivity index (χ1) is 5.07. The summed E-state index contributed by atoms with van der Waals surface area (Å²) in [5.41, 5.74) is 7.35. The van der Waals surface area contributed by atoms with E-state index in [-0.39, 0.29) is 14.0 Å². The van der Waals surface area contributed by atoms with Crippen LogP contribution in [-0.2, 0) is 14.1 Å². The standard InChI is InChI=1S/C6H10NO3P/c1-4(2)10-6(8)5(7)3-11-9/h4-5H,7H2,1-2H3/t5-/m1/s1. The SMILES string of the molecule is CC(C)OC(=O)[C@H](N)C#P=O. The maximum absolute atomic E-state index is 10.8. The van der Waals surface area contributed by atoms with Crippen molar-refractivity contribution >= 4 is 13.9 Å². The Balaban J connectivity index is 4.00. The van der Waals surface area contributed by atoms with Crippen LogP contribution in [0.5, 0.6) is 0 Å². The molecular weight excluding hydrogens is 165 g/mol. The molecule has 0 unspecified atom stereocenters. The van der Waals surface area contributed by atoms with Gasteiger partial charge in [0.15, 0.2) is 0 Å². The zero-order valence-electron chi connectivity index (χ0n) is 6.40. The molecule has 5 heteroatoms. The van der Waals surface area contributed by atoms with Crippen LogP contribution in [0.2, 0.25) is 0 Å². The van der Waals surface area contributed by atoms with E-state index in [1.54, 1.807) is 13.8 Å². The molecule has 0 amide bonds. The summed E-state index contributed by atoms with van der Waals surface area (Å²) in [6, 6.07) is -1.02. The van der Waals surface area contributed by atoms with Gasteiger partial charge in [0.1, 0.15) is 0 Å². The van der Waals surface area contributed by atoms with Gasteiger partial charge in [0.2, 0.25) is 0 Å². The third-order valence-corrected chi connectivity index (χ3v) is 1.18. The van der Waals surface area contributed by atoms with E-state index in [4.69, 9.17) is 10.5 Å². The van der Waals surface area contributed by atoms with Crippen molar-refractivity contribution in [3.8, 4) is 5.63 Å². The van der Waals surface area contributed by atoms with Crippen molar-refractivity contribution in [2.75, 3.05) is 0 Å². The van der Waals surface area contributed by atoms with E-state index in [2.05, 4.69) is 5.63 Å². The van der Waals surface area contributed by atoms with Crippen LogP contribution in [-0.4, -0.2) is 18.1 Å². The summed E-state index contributed by atoms with van der Waals surface area (Å²) < 4.78 is 14.6. The molecule has 0 aromatic carbocycles. The Morgan fingerprint density at radius 3 is 2.55 bits per heavy atom. The van der Waals surface area contributed by atoms with Gasteiger partial charge in [0.25, 0.3) is 0 Å². The molecule has 2 N–H and O–H groups in total. The van der Waals surface area contributed by atoms with Gasteiger partial charge in [-0.15, -0.1) is 0 Å². The number of hydrogen-bond donors (Lipinski definition) is 1. The number of hydrogen-bond acceptors (Lipinski definition) is 4. The van der Waals surface area contributed by atoms with Gasteiger partial charge in [-0.3, -0.25) is 0 Å². The molecule has 0 saturated carbocycles. The molecule has 0 radical (unpaired) electrons. The molecule has 0 aromatic rings. The third kappa shape index (κ3) is 4.79. The molecule has 0 aromatic heterocycles. The van der Waals surface area contributed by atoms with Crippen LogP contribution in [0.3, 0.4) is 0 Å². The van der Waals surface area contributed by atoms with Gasteiger partial charge < -0.3 is 0 Å². The molecular formula is C6H10NO3P. The molecule has 0 bridgehead atoms. The second kappa shape index (κ2) is 5.14. The average Bonchev–Trinajstić information content (AvgIpc) is 1.86. The molecule has 4 nitrogen and oxygen atoms in total. The Kier molecular flexibility index (Phi) is 4.88. The normalized spacial score (nSPS) is 12.0. The van der Waals surface area contributed by atoms with Crippen molar-refractivity contribution in [1.29, 1.82) is 0 Å². The van der Waals surface area contributed by atoms with Gasteiger partial charge in [0.05, 0.1) is 0 Å². The quantitative estimate of drug-likeness (QED) is 0.490. The first-order valence-corrected chi connectivity index (χ1v) is 3.93. The molecule has 0 spiro atoms. The number of rotatable bonds is 2. The second-order valence-corrected chi connectivity index (χ2v) is 2.62. The Morgan fingerprint density at radius 2 is 2.18 bits per heavy atom. The van der Waals surface area contributed by atoms with Gasteiger partial charge in [-0.25, -0.2) is 0 Å². The third-order valence-electron chi connectivity index (χ3n) is 0.798. The molecule has 0 aliphatic carbocycles. The van der Waals surface area contributed by atoms with Crippen molar-refractivity contribution < 1.29 is 14.1 Å². The van der Waals surface area contributed by atoms with Gasteiger partial charge in [0, 0.05) is 0 Å². The summed E-state index contributed by atoms with van der Waals surface area (Å²) in [5, 5.41) is 0. The Morgan fingerprint density at radius 1 is 1.64 bits per heavy atom. The molecule has 11 heavy (non-hydrogen) atoms. The van der Waals surface area contributed by atoms with Crippen molar-refractivity contribution in [3.63, 3.8) is 0 Å². The molecule has 0 saturated heterocycles. The first-order valence-electron chi connectivity index (χ1n) is 3.12. The topological polar surface area (TPSA) is 69.4 Å². The van der Waals surface area contributed by atoms with Crippen molar-refractivity contribution in [1.82, 2.24) is 0 Å². The van der Waals surface area contributed by atoms with Crippen molar-refractivity contribution in [3.05, 3.63) is 0 Å². The van der Waals surface area contributed by atoms with Crippen LogP contribution >= 0.6 is 7.92 Å². The van der Waals surface area contributed by atoms with E-state index in [0.29, 0.717) is 0 Å². The summed E-state index contributed by atoms with van der Waals surface area (Å²) in [6.07, 6.45) is -0.210. The number of carbonyl (C=O) groups is 1. The van der Waals surface area contributed by atoms with E-state index in [1.807, 2.05) is 0 Å². The van der Waals surface area contributed by atoms with Gasteiger partial charge in [-0.05, 0) is 0 Å². The molecule has 1 atom stereocenters.